The minimum atomic E-state index is -0.972. The van der Waals surface area contributed by atoms with E-state index in [0.717, 1.165) is 0 Å². The molecule has 0 bridgehead atoms. The Balaban J connectivity index is 2.75. The maximum Gasteiger partial charge on any atom is 0.152 e. The molecular weight excluding hydrogens is 195 g/mol. The Bertz CT molecular complexity index is 294. The van der Waals surface area contributed by atoms with Gasteiger partial charge in [0.25, 0.3) is 0 Å². The van der Waals surface area contributed by atoms with Crippen molar-refractivity contribution in [1.29, 1.82) is 0 Å². The molecule has 0 unspecified atom stereocenters. The van der Waals surface area contributed by atoms with Crippen LogP contribution < -0.4 is 5.32 Å². The van der Waals surface area contributed by atoms with Crippen molar-refractivity contribution in [3.8, 4) is 0 Å². The number of nitrogens with one attached hydrogen (secondary N) is 1. The molecule has 0 saturated heterocycles. The summed E-state index contributed by atoms with van der Waals surface area (Å²) >= 11 is 0. The van der Waals surface area contributed by atoms with Crippen LogP contribution in [0.4, 0.5) is 18.9 Å². The van der Waals surface area contributed by atoms with Crippen LogP contribution in [0.3, 0.4) is 0 Å². The van der Waals surface area contributed by atoms with Gasteiger partial charge < -0.3 is 10.4 Å². The standard InChI is InChI=1S/C9H10F3NO/c10-6-4-7(11)9(8(12)5-6)13-2-1-3-14/h4-5,13-14H,1-3H2. The van der Waals surface area contributed by atoms with Crippen molar-refractivity contribution in [2.24, 2.45) is 0 Å². The zero-order chi connectivity index (χ0) is 10.6. The van der Waals surface area contributed by atoms with Crippen molar-refractivity contribution in [2.45, 2.75) is 6.42 Å². The number of aliphatic hydroxyl groups is 1. The predicted molar refractivity (Wildman–Crippen MR) is 46.5 cm³/mol. The number of anilines is 1. The first-order chi connectivity index (χ1) is 6.65. The molecule has 0 saturated carbocycles. The third-order valence-corrected chi connectivity index (χ3v) is 1.64. The van der Waals surface area contributed by atoms with Crippen LogP contribution in [0.1, 0.15) is 6.42 Å². The Kier molecular flexibility index (Phi) is 3.76. The Morgan fingerprint density at radius 3 is 2.21 bits per heavy atom. The fourth-order valence-corrected chi connectivity index (χ4v) is 1.00. The molecule has 2 N–H and O–H groups in total. The summed E-state index contributed by atoms with van der Waals surface area (Å²) in [5.41, 5.74) is -0.361. The minimum Gasteiger partial charge on any atom is -0.396 e. The Hall–Kier alpha value is -1.23. The second-order valence-corrected chi connectivity index (χ2v) is 2.75. The lowest BCUT2D eigenvalue weighted by Crippen LogP contribution is -2.07. The van der Waals surface area contributed by atoms with Gasteiger partial charge in [-0.15, -0.1) is 0 Å². The summed E-state index contributed by atoms with van der Waals surface area (Å²) in [6, 6.07) is 1.20. The molecule has 14 heavy (non-hydrogen) atoms. The highest BCUT2D eigenvalue weighted by Crippen LogP contribution is 2.19. The van der Waals surface area contributed by atoms with Gasteiger partial charge in [-0.2, -0.15) is 0 Å². The molecule has 1 aromatic rings. The molecule has 78 valence electrons. The first kappa shape index (κ1) is 10.8. The van der Waals surface area contributed by atoms with E-state index in [1.807, 2.05) is 0 Å². The molecule has 2 nitrogen and oxygen atoms in total. The van der Waals surface area contributed by atoms with Crippen molar-refractivity contribution in [3.05, 3.63) is 29.6 Å². The molecule has 0 amide bonds. The van der Waals surface area contributed by atoms with E-state index in [1.165, 1.54) is 0 Å². The number of aliphatic hydroxyl groups excluding tert-OH is 1. The van der Waals surface area contributed by atoms with Gasteiger partial charge in [0.05, 0.1) is 0 Å². The zero-order valence-electron chi connectivity index (χ0n) is 7.36. The Morgan fingerprint density at radius 1 is 1.14 bits per heavy atom. The van der Waals surface area contributed by atoms with E-state index in [9.17, 15) is 13.2 Å². The highest BCUT2D eigenvalue weighted by molar-refractivity contribution is 5.46. The van der Waals surface area contributed by atoms with Crippen molar-refractivity contribution in [2.75, 3.05) is 18.5 Å². The molecule has 1 aromatic carbocycles. The van der Waals surface area contributed by atoms with Crippen LogP contribution in [0.25, 0.3) is 0 Å². The second kappa shape index (κ2) is 4.85. The number of hydrogen-bond donors (Lipinski definition) is 2. The Morgan fingerprint density at radius 2 is 1.71 bits per heavy atom. The number of halogens is 3. The van der Waals surface area contributed by atoms with Crippen molar-refractivity contribution in [1.82, 2.24) is 0 Å². The molecule has 1 rings (SSSR count). The molecular formula is C9H10F3NO. The van der Waals surface area contributed by atoms with Gasteiger partial charge in [-0.05, 0) is 6.42 Å². The molecule has 0 aliphatic carbocycles. The molecule has 0 aliphatic rings. The molecule has 0 spiro atoms. The topological polar surface area (TPSA) is 32.3 Å². The fraction of sp³-hybridized carbons (Fsp3) is 0.333. The number of rotatable bonds is 4. The van der Waals surface area contributed by atoms with Gasteiger partial charge >= 0.3 is 0 Å². The monoisotopic (exact) mass is 205 g/mol. The normalized spacial score (nSPS) is 10.3. The summed E-state index contributed by atoms with van der Waals surface area (Å²) in [5.74, 6) is -2.89. The van der Waals surface area contributed by atoms with E-state index in [1.54, 1.807) is 0 Å². The molecule has 0 aromatic heterocycles. The van der Waals surface area contributed by atoms with E-state index in [2.05, 4.69) is 5.32 Å². The third-order valence-electron chi connectivity index (χ3n) is 1.64. The SMILES string of the molecule is OCCCNc1c(F)cc(F)cc1F. The fourth-order valence-electron chi connectivity index (χ4n) is 1.00. The summed E-state index contributed by atoms with van der Waals surface area (Å²) in [5, 5.41) is 10.9. The zero-order valence-corrected chi connectivity index (χ0v) is 7.36. The van der Waals surface area contributed by atoms with E-state index in [0.29, 0.717) is 18.6 Å². The number of benzene rings is 1. The first-order valence-electron chi connectivity index (χ1n) is 4.14. The maximum atomic E-state index is 12.9. The molecule has 0 aliphatic heterocycles. The van der Waals surface area contributed by atoms with Crippen LogP contribution >= 0.6 is 0 Å². The van der Waals surface area contributed by atoms with Crippen LogP contribution in [-0.2, 0) is 0 Å². The summed E-state index contributed by atoms with van der Waals surface area (Å²) in [6.07, 6.45) is 0.371. The lowest BCUT2D eigenvalue weighted by atomic mass is 10.2. The average molecular weight is 205 g/mol. The first-order valence-corrected chi connectivity index (χ1v) is 4.14. The highest BCUT2D eigenvalue weighted by Gasteiger charge is 2.10. The van der Waals surface area contributed by atoms with Crippen molar-refractivity contribution in [3.63, 3.8) is 0 Å². The van der Waals surface area contributed by atoms with E-state index >= 15 is 0 Å². The predicted octanol–water partition coefficient (Wildman–Crippen LogP) is 1.90. The lowest BCUT2D eigenvalue weighted by Gasteiger charge is -2.07. The van der Waals surface area contributed by atoms with Gasteiger partial charge in [-0.25, -0.2) is 13.2 Å². The third kappa shape index (κ3) is 2.63. The van der Waals surface area contributed by atoms with Crippen molar-refractivity contribution < 1.29 is 18.3 Å². The minimum absolute atomic E-state index is 0.0720. The largest absolute Gasteiger partial charge is 0.396 e. The summed E-state index contributed by atoms with van der Waals surface area (Å²) in [6.45, 7) is 0.160. The lowest BCUT2D eigenvalue weighted by molar-refractivity contribution is 0.292. The highest BCUT2D eigenvalue weighted by atomic mass is 19.1. The van der Waals surface area contributed by atoms with E-state index in [4.69, 9.17) is 5.11 Å². The average Bonchev–Trinajstić information content (AvgIpc) is 2.09. The van der Waals surface area contributed by atoms with Gasteiger partial charge in [-0.1, -0.05) is 0 Å². The van der Waals surface area contributed by atoms with Crippen LogP contribution in [0, 0.1) is 17.5 Å². The molecule has 0 radical (unpaired) electrons. The van der Waals surface area contributed by atoms with Crippen molar-refractivity contribution >= 4 is 5.69 Å². The van der Waals surface area contributed by atoms with Gasteiger partial charge in [0, 0.05) is 25.3 Å². The molecule has 0 fully saturated rings. The maximum absolute atomic E-state index is 12.9. The number of hydrogen-bond acceptors (Lipinski definition) is 2. The van der Waals surface area contributed by atoms with Gasteiger partial charge in [0.1, 0.15) is 11.5 Å². The smallest absolute Gasteiger partial charge is 0.152 e. The van der Waals surface area contributed by atoms with Crippen LogP contribution in [0.5, 0.6) is 0 Å². The molecule has 0 atom stereocenters. The van der Waals surface area contributed by atoms with Crippen LogP contribution in [0.2, 0.25) is 0 Å². The molecule has 5 heteroatoms. The summed E-state index contributed by atoms with van der Waals surface area (Å²) in [4.78, 5) is 0. The summed E-state index contributed by atoms with van der Waals surface area (Å²) in [7, 11) is 0. The van der Waals surface area contributed by atoms with Crippen LogP contribution in [-0.4, -0.2) is 18.3 Å². The second-order valence-electron chi connectivity index (χ2n) is 2.75. The van der Waals surface area contributed by atoms with Gasteiger partial charge in [0.15, 0.2) is 11.6 Å². The summed E-state index contributed by atoms with van der Waals surface area (Å²) < 4.78 is 38.3. The van der Waals surface area contributed by atoms with E-state index in [-0.39, 0.29) is 18.8 Å². The Labute approximate surface area is 79.4 Å². The van der Waals surface area contributed by atoms with Gasteiger partial charge in [0.2, 0.25) is 0 Å². The van der Waals surface area contributed by atoms with Crippen LogP contribution in [0.15, 0.2) is 12.1 Å². The van der Waals surface area contributed by atoms with Gasteiger partial charge in [-0.3, -0.25) is 0 Å². The van der Waals surface area contributed by atoms with E-state index < -0.39 is 17.5 Å². The molecule has 0 heterocycles. The quantitative estimate of drug-likeness (QED) is 0.736.